The number of carbonyl (C=O) groups is 1. The first kappa shape index (κ1) is 15.8. The SMILES string of the molecule is Cl.O=C1N[C@@H](c2c(F)ccc(F)c2Cl)C(F)(F)CO1. The molecule has 0 aliphatic carbocycles. The first-order valence-electron chi connectivity index (χ1n) is 4.77. The highest BCUT2D eigenvalue weighted by Crippen LogP contribution is 2.39. The Hall–Kier alpha value is -1.21. The predicted molar refractivity (Wildman–Crippen MR) is 60.8 cm³/mol. The van der Waals surface area contributed by atoms with Crippen LogP contribution in [0.3, 0.4) is 0 Å². The van der Waals surface area contributed by atoms with Crippen LogP contribution in [-0.4, -0.2) is 18.6 Å². The van der Waals surface area contributed by atoms with E-state index in [1.54, 1.807) is 5.32 Å². The number of cyclic esters (lactones) is 1. The van der Waals surface area contributed by atoms with Crippen molar-refractivity contribution >= 4 is 30.1 Å². The number of ether oxygens (including phenoxy) is 1. The summed E-state index contributed by atoms with van der Waals surface area (Å²) in [6.45, 7) is -1.23. The molecule has 1 fully saturated rings. The van der Waals surface area contributed by atoms with Crippen LogP contribution < -0.4 is 5.32 Å². The number of amides is 1. The van der Waals surface area contributed by atoms with Crippen LogP contribution in [0.25, 0.3) is 0 Å². The van der Waals surface area contributed by atoms with E-state index in [4.69, 9.17) is 11.6 Å². The molecule has 3 nitrogen and oxygen atoms in total. The molecule has 106 valence electrons. The second-order valence-corrected chi connectivity index (χ2v) is 4.05. The first-order chi connectivity index (χ1) is 8.33. The van der Waals surface area contributed by atoms with Crippen molar-refractivity contribution in [2.24, 2.45) is 0 Å². The molecule has 19 heavy (non-hydrogen) atoms. The van der Waals surface area contributed by atoms with Crippen molar-refractivity contribution in [1.82, 2.24) is 5.32 Å². The summed E-state index contributed by atoms with van der Waals surface area (Å²) < 4.78 is 57.8. The number of hydrogen-bond donors (Lipinski definition) is 1. The maximum absolute atomic E-state index is 13.5. The molecule has 0 aromatic heterocycles. The Kier molecular flexibility index (Phi) is 4.52. The number of alkyl carbamates (subject to hydrolysis) is 1. The molecule has 1 heterocycles. The maximum Gasteiger partial charge on any atom is 0.408 e. The Bertz CT molecular complexity index is 513. The van der Waals surface area contributed by atoms with Crippen molar-refractivity contribution in [2.75, 3.05) is 6.61 Å². The number of alkyl halides is 2. The lowest BCUT2D eigenvalue weighted by Crippen LogP contribution is -2.50. The summed E-state index contributed by atoms with van der Waals surface area (Å²) in [6, 6.07) is -0.698. The van der Waals surface area contributed by atoms with Gasteiger partial charge in [0, 0.05) is 5.56 Å². The summed E-state index contributed by atoms with van der Waals surface area (Å²) in [5.41, 5.74) is -0.793. The van der Waals surface area contributed by atoms with E-state index >= 15 is 0 Å². The third-order valence-corrected chi connectivity index (χ3v) is 2.83. The fraction of sp³-hybridized carbons (Fsp3) is 0.300. The molecule has 1 aliphatic heterocycles. The number of hydrogen-bond acceptors (Lipinski definition) is 2. The molecule has 0 bridgehead atoms. The van der Waals surface area contributed by atoms with Crippen LogP contribution in [0, 0.1) is 11.6 Å². The lowest BCUT2D eigenvalue weighted by Gasteiger charge is -2.32. The average Bonchev–Trinajstić information content (AvgIpc) is 2.29. The molecule has 1 aromatic rings. The van der Waals surface area contributed by atoms with E-state index in [2.05, 4.69) is 4.74 Å². The Balaban J connectivity index is 0.00000180. The summed E-state index contributed by atoms with van der Waals surface area (Å²) >= 11 is 5.47. The van der Waals surface area contributed by atoms with Crippen LogP contribution in [0.5, 0.6) is 0 Å². The normalized spacial score (nSPS) is 21.1. The molecular formula is C10H7Cl2F4NO2. The minimum atomic E-state index is -3.59. The first-order valence-corrected chi connectivity index (χ1v) is 5.15. The van der Waals surface area contributed by atoms with E-state index in [1.807, 2.05) is 0 Å². The quantitative estimate of drug-likeness (QED) is 0.636. The van der Waals surface area contributed by atoms with E-state index in [1.165, 1.54) is 0 Å². The molecule has 1 N–H and O–H groups in total. The fourth-order valence-corrected chi connectivity index (χ4v) is 1.86. The molecule has 0 unspecified atom stereocenters. The van der Waals surface area contributed by atoms with E-state index < -0.39 is 46.9 Å². The van der Waals surface area contributed by atoms with Gasteiger partial charge in [-0.05, 0) is 12.1 Å². The van der Waals surface area contributed by atoms with Gasteiger partial charge in [0.2, 0.25) is 0 Å². The summed E-state index contributed by atoms with van der Waals surface area (Å²) in [7, 11) is 0. The minimum absolute atomic E-state index is 0. The molecule has 1 aromatic carbocycles. The largest absolute Gasteiger partial charge is 0.443 e. The van der Waals surface area contributed by atoms with Crippen molar-refractivity contribution in [3.63, 3.8) is 0 Å². The van der Waals surface area contributed by atoms with E-state index in [9.17, 15) is 22.4 Å². The van der Waals surface area contributed by atoms with E-state index in [0.717, 1.165) is 0 Å². The van der Waals surface area contributed by atoms with Gasteiger partial charge in [0.15, 0.2) is 6.61 Å². The second-order valence-electron chi connectivity index (χ2n) is 3.67. The van der Waals surface area contributed by atoms with Crippen LogP contribution in [0.2, 0.25) is 5.02 Å². The third kappa shape index (κ3) is 2.87. The highest BCUT2D eigenvalue weighted by molar-refractivity contribution is 6.31. The van der Waals surface area contributed by atoms with Crippen LogP contribution in [0.15, 0.2) is 12.1 Å². The highest BCUT2D eigenvalue weighted by Gasteiger charge is 2.49. The molecule has 2 rings (SSSR count). The molecule has 1 saturated heterocycles. The zero-order valence-corrected chi connectivity index (χ0v) is 10.6. The van der Waals surface area contributed by atoms with Crippen molar-refractivity contribution in [1.29, 1.82) is 0 Å². The predicted octanol–water partition coefficient (Wildman–Crippen LogP) is 3.46. The standard InChI is InChI=1S/C10H6ClF4NO2.ClH/c11-7-5(13)2-1-4(12)6(7)8-10(14,15)3-18-9(17)16-8;/h1-2,8H,3H2,(H,16,17);1H/t8-;/m0./s1. The molecule has 1 amide bonds. The van der Waals surface area contributed by atoms with Crippen LogP contribution >= 0.6 is 24.0 Å². The zero-order chi connectivity index (χ0) is 13.5. The Morgan fingerprint density at radius 3 is 2.53 bits per heavy atom. The van der Waals surface area contributed by atoms with Gasteiger partial charge in [-0.25, -0.2) is 22.4 Å². The van der Waals surface area contributed by atoms with Crippen molar-refractivity contribution in [3.05, 3.63) is 34.4 Å². The van der Waals surface area contributed by atoms with Gasteiger partial charge in [0.1, 0.15) is 17.7 Å². The van der Waals surface area contributed by atoms with Gasteiger partial charge in [-0.2, -0.15) is 0 Å². The van der Waals surface area contributed by atoms with Gasteiger partial charge in [-0.1, -0.05) is 11.6 Å². The molecule has 0 spiro atoms. The van der Waals surface area contributed by atoms with Gasteiger partial charge in [-0.3, -0.25) is 0 Å². The topological polar surface area (TPSA) is 38.3 Å². The third-order valence-electron chi connectivity index (χ3n) is 2.45. The van der Waals surface area contributed by atoms with Crippen LogP contribution in [0.1, 0.15) is 11.6 Å². The molecule has 9 heteroatoms. The Morgan fingerprint density at radius 2 is 1.89 bits per heavy atom. The molecule has 0 saturated carbocycles. The van der Waals surface area contributed by atoms with E-state index in [-0.39, 0.29) is 12.4 Å². The average molecular weight is 320 g/mol. The van der Waals surface area contributed by atoms with Crippen molar-refractivity contribution in [3.8, 4) is 0 Å². The summed E-state index contributed by atoms with van der Waals surface area (Å²) in [5, 5.41) is 0.940. The lowest BCUT2D eigenvalue weighted by atomic mass is 9.99. The molecule has 1 atom stereocenters. The van der Waals surface area contributed by atoms with Crippen LogP contribution in [0.4, 0.5) is 22.4 Å². The molecular weight excluding hydrogens is 313 g/mol. The Morgan fingerprint density at radius 1 is 1.32 bits per heavy atom. The lowest BCUT2D eigenvalue weighted by molar-refractivity contribution is -0.105. The number of carbonyl (C=O) groups excluding carboxylic acids is 1. The summed E-state index contributed by atoms with van der Waals surface area (Å²) in [5.74, 6) is -5.77. The fourth-order valence-electron chi connectivity index (χ4n) is 1.60. The monoisotopic (exact) mass is 319 g/mol. The van der Waals surface area contributed by atoms with Gasteiger partial charge in [-0.15, -0.1) is 12.4 Å². The second kappa shape index (κ2) is 5.42. The number of nitrogens with one attached hydrogen (secondary N) is 1. The summed E-state index contributed by atoms with van der Waals surface area (Å²) in [6.07, 6.45) is -1.15. The molecule has 0 radical (unpaired) electrons. The smallest absolute Gasteiger partial charge is 0.408 e. The van der Waals surface area contributed by atoms with Gasteiger partial charge < -0.3 is 10.1 Å². The van der Waals surface area contributed by atoms with Crippen LogP contribution in [-0.2, 0) is 4.74 Å². The van der Waals surface area contributed by atoms with Crippen molar-refractivity contribution < 1.29 is 27.1 Å². The molecule has 1 aliphatic rings. The van der Waals surface area contributed by atoms with Gasteiger partial charge >= 0.3 is 12.0 Å². The minimum Gasteiger partial charge on any atom is -0.443 e. The number of halogens is 6. The number of rotatable bonds is 1. The van der Waals surface area contributed by atoms with E-state index in [0.29, 0.717) is 12.1 Å². The maximum atomic E-state index is 13.5. The van der Waals surface area contributed by atoms with Gasteiger partial charge in [0.05, 0.1) is 5.02 Å². The van der Waals surface area contributed by atoms with Gasteiger partial charge in [0.25, 0.3) is 0 Å². The number of benzene rings is 1. The summed E-state index contributed by atoms with van der Waals surface area (Å²) in [4.78, 5) is 10.9. The highest BCUT2D eigenvalue weighted by atomic mass is 35.5. The van der Waals surface area contributed by atoms with Crippen molar-refractivity contribution in [2.45, 2.75) is 12.0 Å². The Labute approximate surface area is 116 Å². The zero-order valence-electron chi connectivity index (χ0n) is 9.05.